The van der Waals surface area contributed by atoms with E-state index in [0.717, 1.165) is 0 Å². The molecule has 0 unspecified atom stereocenters. The van der Waals surface area contributed by atoms with Gasteiger partial charge in [-0.25, -0.2) is 4.79 Å². The summed E-state index contributed by atoms with van der Waals surface area (Å²) in [5.74, 6) is -0.440. The third-order valence-corrected chi connectivity index (χ3v) is 2.58. The van der Waals surface area contributed by atoms with Crippen LogP contribution in [0.4, 0.5) is 0 Å². The summed E-state index contributed by atoms with van der Waals surface area (Å²) in [5.41, 5.74) is 0.464. The maximum atomic E-state index is 11.6. The number of ether oxygens (including phenoxy) is 2. The molecule has 1 aliphatic rings. The number of carbonyl (C=O) groups is 1. The second kappa shape index (κ2) is 5.27. The van der Waals surface area contributed by atoms with Crippen LogP contribution in [0.1, 0.15) is 16.8 Å². The Morgan fingerprint density at radius 2 is 2.06 bits per heavy atom. The Morgan fingerprint density at radius 3 is 2.65 bits per heavy atom. The van der Waals surface area contributed by atoms with Gasteiger partial charge in [-0.3, -0.25) is 0 Å². The minimum absolute atomic E-state index is 0.0296. The van der Waals surface area contributed by atoms with Gasteiger partial charge in [-0.05, 0) is 12.1 Å². The molecule has 5 nitrogen and oxygen atoms in total. The van der Waals surface area contributed by atoms with Crippen LogP contribution in [0.3, 0.4) is 0 Å². The van der Waals surface area contributed by atoms with Gasteiger partial charge in [0, 0.05) is 6.42 Å². The van der Waals surface area contributed by atoms with Gasteiger partial charge >= 0.3 is 5.97 Å². The number of benzene rings is 1. The lowest BCUT2D eigenvalue weighted by Gasteiger charge is -2.10. The van der Waals surface area contributed by atoms with Crippen molar-refractivity contribution >= 4 is 5.97 Å². The number of aliphatic hydroxyl groups is 2. The van der Waals surface area contributed by atoms with Crippen molar-refractivity contribution in [1.29, 1.82) is 0 Å². The summed E-state index contributed by atoms with van der Waals surface area (Å²) in [6.45, 7) is 0.0296. The zero-order valence-corrected chi connectivity index (χ0v) is 9.15. The molecule has 3 atom stereocenters. The molecule has 1 heterocycles. The Labute approximate surface area is 98.6 Å². The first kappa shape index (κ1) is 12.0. The van der Waals surface area contributed by atoms with Crippen LogP contribution in [0.2, 0.25) is 0 Å². The van der Waals surface area contributed by atoms with Gasteiger partial charge in [0.2, 0.25) is 0 Å². The Bertz CT molecular complexity index is 368. The number of carbonyl (C=O) groups excluding carboxylic acids is 1. The molecule has 1 aromatic carbocycles. The van der Waals surface area contributed by atoms with E-state index in [9.17, 15) is 9.90 Å². The highest BCUT2D eigenvalue weighted by Gasteiger charge is 2.33. The van der Waals surface area contributed by atoms with Crippen LogP contribution in [0.25, 0.3) is 0 Å². The number of hydrogen-bond donors (Lipinski definition) is 2. The molecular formula is C12H14O5. The molecular weight excluding hydrogens is 224 g/mol. The van der Waals surface area contributed by atoms with Crippen LogP contribution in [0.5, 0.6) is 0 Å². The van der Waals surface area contributed by atoms with Crippen molar-refractivity contribution in [3.63, 3.8) is 0 Å². The van der Waals surface area contributed by atoms with E-state index in [4.69, 9.17) is 14.6 Å². The first-order valence-corrected chi connectivity index (χ1v) is 5.40. The van der Waals surface area contributed by atoms with Crippen molar-refractivity contribution in [3.8, 4) is 0 Å². The summed E-state index contributed by atoms with van der Waals surface area (Å²) in [7, 11) is 0. The van der Waals surface area contributed by atoms with E-state index in [1.165, 1.54) is 0 Å². The number of esters is 1. The molecule has 5 heteroatoms. The maximum absolute atomic E-state index is 11.6. The highest BCUT2D eigenvalue weighted by molar-refractivity contribution is 5.89. The summed E-state index contributed by atoms with van der Waals surface area (Å²) in [4.78, 5) is 11.6. The van der Waals surface area contributed by atoms with Crippen molar-refractivity contribution in [1.82, 2.24) is 0 Å². The monoisotopic (exact) mass is 238 g/mol. The van der Waals surface area contributed by atoms with Crippen molar-refractivity contribution in [3.05, 3.63) is 35.9 Å². The van der Waals surface area contributed by atoms with Crippen LogP contribution >= 0.6 is 0 Å². The van der Waals surface area contributed by atoms with Gasteiger partial charge < -0.3 is 19.7 Å². The Balaban J connectivity index is 1.81. The van der Waals surface area contributed by atoms with Crippen LogP contribution in [0.15, 0.2) is 30.3 Å². The van der Waals surface area contributed by atoms with Crippen LogP contribution in [0, 0.1) is 0 Å². The Kier molecular flexibility index (Phi) is 3.73. The van der Waals surface area contributed by atoms with E-state index in [-0.39, 0.29) is 13.0 Å². The van der Waals surface area contributed by atoms with E-state index in [2.05, 4.69) is 0 Å². The van der Waals surface area contributed by atoms with Crippen LogP contribution in [-0.4, -0.2) is 41.3 Å². The molecule has 0 aromatic heterocycles. The molecule has 1 saturated heterocycles. The first-order chi connectivity index (χ1) is 8.16. The van der Waals surface area contributed by atoms with Gasteiger partial charge in [0.1, 0.15) is 12.7 Å². The fourth-order valence-corrected chi connectivity index (χ4v) is 1.66. The number of hydrogen-bond acceptors (Lipinski definition) is 5. The lowest BCUT2D eigenvalue weighted by atomic mass is 10.2. The van der Waals surface area contributed by atoms with Crippen molar-refractivity contribution in [2.75, 3.05) is 6.61 Å². The molecule has 2 N–H and O–H groups in total. The SMILES string of the molecule is O=C(OC[C@@H]1C[C@@H](O)[C@@H](O)O1)c1ccccc1. The van der Waals surface area contributed by atoms with Crippen LogP contribution < -0.4 is 0 Å². The highest BCUT2D eigenvalue weighted by atomic mass is 16.6. The number of rotatable bonds is 3. The topological polar surface area (TPSA) is 76.0 Å². The second-order valence-electron chi connectivity index (χ2n) is 3.92. The highest BCUT2D eigenvalue weighted by Crippen LogP contribution is 2.19. The zero-order valence-electron chi connectivity index (χ0n) is 9.15. The Hall–Kier alpha value is -1.43. The molecule has 0 aliphatic carbocycles. The van der Waals surface area contributed by atoms with E-state index in [1.54, 1.807) is 24.3 Å². The van der Waals surface area contributed by atoms with Gasteiger partial charge in [-0.15, -0.1) is 0 Å². The smallest absolute Gasteiger partial charge is 0.338 e. The van der Waals surface area contributed by atoms with Crippen molar-refractivity contribution < 1.29 is 24.5 Å². The minimum atomic E-state index is -1.18. The molecule has 2 rings (SSSR count). The molecule has 0 spiro atoms. The molecule has 1 fully saturated rings. The molecule has 92 valence electrons. The fourth-order valence-electron chi connectivity index (χ4n) is 1.66. The van der Waals surface area contributed by atoms with Gasteiger partial charge in [0.05, 0.1) is 11.7 Å². The van der Waals surface area contributed by atoms with Gasteiger partial charge in [-0.2, -0.15) is 0 Å². The predicted octanol–water partition coefficient (Wildman–Crippen LogP) is 0.312. The maximum Gasteiger partial charge on any atom is 0.338 e. The normalized spacial score (nSPS) is 28.0. The van der Waals surface area contributed by atoms with Crippen LogP contribution in [-0.2, 0) is 9.47 Å². The minimum Gasteiger partial charge on any atom is -0.459 e. The zero-order chi connectivity index (χ0) is 12.3. The van der Waals surface area contributed by atoms with Gasteiger partial charge in [0.15, 0.2) is 6.29 Å². The molecule has 1 aliphatic heterocycles. The fraction of sp³-hybridized carbons (Fsp3) is 0.417. The summed E-state index contributed by atoms with van der Waals surface area (Å²) in [6.07, 6.45) is -2.28. The third-order valence-electron chi connectivity index (χ3n) is 2.58. The van der Waals surface area contributed by atoms with E-state index in [1.807, 2.05) is 6.07 Å². The summed E-state index contributed by atoms with van der Waals surface area (Å²) in [6, 6.07) is 8.61. The van der Waals surface area contributed by atoms with E-state index >= 15 is 0 Å². The van der Waals surface area contributed by atoms with Crippen molar-refractivity contribution in [2.24, 2.45) is 0 Å². The molecule has 0 saturated carbocycles. The summed E-state index contributed by atoms with van der Waals surface area (Å²) in [5, 5.41) is 18.4. The third kappa shape index (κ3) is 3.03. The second-order valence-corrected chi connectivity index (χ2v) is 3.92. The largest absolute Gasteiger partial charge is 0.459 e. The summed E-state index contributed by atoms with van der Waals surface area (Å²) < 4.78 is 10.0. The lowest BCUT2D eigenvalue weighted by Crippen LogP contribution is -2.20. The Morgan fingerprint density at radius 1 is 1.35 bits per heavy atom. The average molecular weight is 238 g/mol. The standard InChI is InChI=1S/C12H14O5/c13-10-6-9(17-12(10)15)7-16-11(14)8-4-2-1-3-5-8/h1-5,9-10,12-13,15H,6-7H2/t9-,10+,12-/m0/s1. The average Bonchev–Trinajstić information content (AvgIpc) is 2.67. The quantitative estimate of drug-likeness (QED) is 0.741. The summed E-state index contributed by atoms with van der Waals surface area (Å²) >= 11 is 0. The molecule has 0 bridgehead atoms. The number of aliphatic hydroxyl groups excluding tert-OH is 2. The van der Waals surface area contributed by atoms with E-state index < -0.39 is 24.5 Å². The molecule has 1 aromatic rings. The van der Waals surface area contributed by atoms with Gasteiger partial charge in [-0.1, -0.05) is 18.2 Å². The van der Waals surface area contributed by atoms with Gasteiger partial charge in [0.25, 0.3) is 0 Å². The predicted molar refractivity (Wildman–Crippen MR) is 58.2 cm³/mol. The van der Waals surface area contributed by atoms with E-state index in [0.29, 0.717) is 5.56 Å². The first-order valence-electron chi connectivity index (χ1n) is 5.40. The molecule has 17 heavy (non-hydrogen) atoms. The van der Waals surface area contributed by atoms with Crippen molar-refractivity contribution in [2.45, 2.75) is 24.9 Å². The lowest BCUT2D eigenvalue weighted by molar-refractivity contribution is -0.133. The molecule has 0 radical (unpaired) electrons. The molecule has 0 amide bonds.